The van der Waals surface area contributed by atoms with Crippen LogP contribution >= 0.6 is 0 Å². The van der Waals surface area contributed by atoms with Gasteiger partial charge in [0.2, 0.25) is 0 Å². The van der Waals surface area contributed by atoms with E-state index < -0.39 is 0 Å². The molecule has 0 aliphatic heterocycles. The van der Waals surface area contributed by atoms with Crippen molar-refractivity contribution in [2.24, 2.45) is 0 Å². The zero-order valence-electron chi connectivity index (χ0n) is 9.50. The van der Waals surface area contributed by atoms with Crippen molar-refractivity contribution in [2.45, 2.75) is 45.3 Å². The molecule has 0 radical (unpaired) electrons. The van der Waals surface area contributed by atoms with E-state index in [-0.39, 0.29) is 6.10 Å². The summed E-state index contributed by atoms with van der Waals surface area (Å²) in [5, 5.41) is 13.0. The maximum absolute atomic E-state index is 9.59. The second kappa shape index (κ2) is 6.38. The van der Waals surface area contributed by atoms with Crippen LogP contribution in [0.25, 0.3) is 0 Å². The van der Waals surface area contributed by atoms with E-state index in [1.54, 1.807) is 0 Å². The number of nitrogens with one attached hydrogen (secondary N) is 1. The van der Waals surface area contributed by atoms with E-state index in [1.807, 2.05) is 0 Å². The molecule has 0 unspecified atom stereocenters. The lowest BCUT2D eigenvalue weighted by atomic mass is 10.2. The summed E-state index contributed by atoms with van der Waals surface area (Å²) in [6, 6.07) is 0.352. The van der Waals surface area contributed by atoms with E-state index in [0.717, 1.165) is 39.0 Å². The van der Waals surface area contributed by atoms with Gasteiger partial charge in [-0.15, -0.1) is 0 Å². The van der Waals surface area contributed by atoms with Crippen LogP contribution in [0.3, 0.4) is 0 Å². The number of aliphatic hydroxyl groups is 1. The Morgan fingerprint density at radius 2 is 2.00 bits per heavy atom. The van der Waals surface area contributed by atoms with Crippen LogP contribution in [-0.4, -0.2) is 48.3 Å². The Bertz CT molecular complexity index is 148. The van der Waals surface area contributed by atoms with E-state index in [2.05, 4.69) is 24.1 Å². The molecule has 2 atom stereocenters. The van der Waals surface area contributed by atoms with E-state index in [1.165, 1.54) is 6.42 Å². The molecule has 3 nitrogen and oxygen atoms in total. The molecule has 0 heterocycles. The van der Waals surface area contributed by atoms with Crippen molar-refractivity contribution >= 4 is 0 Å². The fraction of sp³-hybridized carbons (Fsp3) is 1.00. The monoisotopic (exact) mass is 200 g/mol. The summed E-state index contributed by atoms with van der Waals surface area (Å²) in [6.07, 6.45) is 3.18. The van der Waals surface area contributed by atoms with Crippen LogP contribution in [0.2, 0.25) is 0 Å². The Morgan fingerprint density at radius 1 is 1.29 bits per heavy atom. The third-order valence-electron chi connectivity index (χ3n) is 3.21. The minimum atomic E-state index is -0.105. The van der Waals surface area contributed by atoms with Gasteiger partial charge in [0.1, 0.15) is 0 Å². The molecule has 0 saturated heterocycles. The van der Waals surface area contributed by atoms with Crippen LogP contribution in [0.15, 0.2) is 0 Å². The predicted octanol–water partition coefficient (Wildman–Crippen LogP) is 0.831. The molecule has 1 saturated carbocycles. The van der Waals surface area contributed by atoms with Gasteiger partial charge >= 0.3 is 0 Å². The number of likely N-dealkylation sites (N-methyl/N-ethyl adjacent to an activating group) is 1. The summed E-state index contributed by atoms with van der Waals surface area (Å²) < 4.78 is 0. The predicted molar refractivity (Wildman–Crippen MR) is 59.4 cm³/mol. The first kappa shape index (κ1) is 12.0. The molecule has 14 heavy (non-hydrogen) atoms. The average molecular weight is 200 g/mol. The molecule has 0 amide bonds. The van der Waals surface area contributed by atoms with E-state index in [0.29, 0.717) is 6.04 Å². The van der Waals surface area contributed by atoms with Crippen molar-refractivity contribution in [2.75, 3.05) is 26.2 Å². The molecular formula is C11H24N2O. The van der Waals surface area contributed by atoms with E-state index in [9.17, 15) is 5.11 Å². The van der Waals surface area contributed by atoms with Crippen LogP contribution < -0.4 is 5.32 Å². The molecule has 3 heteroatoms. The molecule has 1 aliphatic rings. The third-order valence-corrected chi connectivity index (χ3v) is 3.21. The largest absolute Gasteiger partial charge is 0.392 e. The fourth-order valence-electron chi connectivity index (χ4n) is 2.13. The first-order valence-corrected chi connectivity index (χ1v) is 5.91. The fourth-order valence-corrected chi connectivity index (χ4v) is 2.13. The van der Waals surface area contributed by atoms with Crippen LogP contribution in [0.4, 0.5) is 0 Å². The summed E-state index contributed by atoms with van der Waals surface area (Å²) in [7, 11) is 0. The van der Waals surface area contributed by atoms with Gasteiger partial charge in [-0.25, -0.2) is 0 Å². The smallest absolute Gasteiger partial charge is 0.0693 e. The number of aliphatic hydroxyl groups excluding tert-OH is 1. The average Bonchev–Trinajstić information content (AvgIpc) is 2.59. The Balaban J connectivity index is 2.08. The minimum absolute atomic E-state index is 0.105. The lowest BCUT2D eigenvalue weighted by Gasteiger charge is -2.21. The lowest BCUT2D eigenvalue weighted by molar-refractivity contribution is 0.147. The Kier molecular flexibility index (Phi) is 5.45. The van der Waals surface area contributed by atoms with Gasteiger partial charge in [0, 0.05) is 19.1 Å². The third kappa shape index (κ3) is 3.56. The quantitative estimate of drug-likeness (QED) is 0.667. The summed E-state index contributed by atoms with van der Waals surface area (Å²) in [4.78, 5) is 2.40. The van der Waals surface area contributed by atoms with Gasteiger partial charge < -0.3 is 15.3 Å². The highest BCUT2D eigenvalue weighted by atomic mass is 16.3. The second-order valence-electron chi connectivity index (χ2n) is 4.09. The Labute approximate surface area is 87.5 Å². The molecule has 0 aromatic rings. The van der Waals surface area contributed by atoms with Crippen molar-refractivity contribution in [1.82, 2.24) is 10.2 Å². The van der Waals surface area contributed by atoms with Crippen molar-refractivity contribution < 1.29 is 5.11 Å². The molecule has 1 aliphatic carbocycles. The molecule has 1 rings (SSSR count). The second-order valence-corrected chi connectivity index (χ2v) is 4.09. The number of hydrogen-bond donors (Lipinski definition) is 2. The summed E-state index contributed by atoms with van der Waals surface area (Å²) in [5.74, 6) is 0. The molecule has 2 N–H and O–H groups in total. The van der Waals surface area contributed by atoms with Gasteiger partial charge in [-0.3, -0.25) is 0 Å². The first-order chi connectivity index (χ1) is 6.77. The standard InChI is InChI=1S/C11H24N2O/c1-3-13(4-2)9-8-12-10-6-5-7-11(10)14/h10-12,14H,3-9H2,1-2H3/t10-,11-/m0/s1. The molecule has 0 aromatic heterocycles. The van der Waals surface area contributed by atoms with Gasteiger partial charge in [0.05, 0.1) is 6.10 Å². The number of nitrogens with zero attached hydrogens (tertiary/aromatic N) is 1. The zero-order chi connectivity index (χ0) is 10.4. The van der Waals surface area contributed by atoms with Crippen molar-refractivity contribution in [3.05, 3.63) is 0 Å². The Hall–Kier alpha value is -0.120. The van der Waals surface area contributed by atoms with Gasteiger partial charge in [0.25, 0.3) is 0 Å². The molecule has 84 valence electrons. The summed E-state index contributed by atoms with van der Waals surface area (Å²) in [5.41, 5.74) is 0. The number of rotatable bonds is 6. The van der Waals surface area contributed by atoms with Gasteiger partial charge in [0.15, 0.2) is 0 Å². The summed E-state index contributed by atoms with van der Waals surface area (Å²) >= 11 is 0. The SMILES string of the molecule is CCN(CC)CCN[C@H]1CCC[C@@H]1O. The zero-order valence-corrected chi connectivity index (χ0v) is 9.50. The molecule has 0 aromatic carbocycles. The minimum Gasteiger partial charge on any atom is -0.392 e. The topological polar surface area (TPSA) is 35.5 Å². The van der Waals surface area contributed by atoms with Crippen molar-refractivity contribution in [3.8, 4) is 0 Å². The highest BCUT2D eigenvalue weighted by Crippen LogP contribution is 2.18. The molecule has 0 spiro atoms. The molecule has 1 fully saturated rings. The Morgan fingerprint density at radius 3 is 2.50 bits per heavy atom. The normalized spacial score (nSPS) is 27.4. The van der Waals surface area contributed by atoms with Crippen LogP contribution in [-0.2, 0) is 0 Å². The van der Waals surface area contributed by atoms with E-state index in [4.69, 9.17) is 0 Å². The highest BCUT2D eigenvalue weighted by molar-refractivity contribution is 4.82. The number of hydrogen-bond acceptors (Lipinski definition) is 3. The van der Waals surface area contributed by atoms with Gasteiger partial charge in [-0.2, -0.15) is 0 Å². The maximum Gasteiger partial charge on any atom is 0.0693 e. The van der Waals surface area contributed by atoms with Gasteiger partial charge in [-0.05, 0) is 32.4 Å². The van der Waals surface area contributed by atoms with E-state index >= 15 is 0 Å². The van der Waals surface area contributed by atoms with Crippen molar-refractivity contribution in [1.29, 1.82) is 0 Å². The summed E-state index contributed by atoms with van der Waals surface area (Å²) in [6.45, 7) is 8.71. The van der Waals surface area contributed by atoms with Crippen LogP contribution in [0.5, 0.6) is 0 Å². The van der Waals surface area contributed by atoms with Crippen molar-refractivity contribution in [3.63, 3.8) is 0 Å². The molecular weight excluding hydrogens is 176 g/mol. The van der Waals surface area contributed by atoms with Crippen LogP contribution in [0.1, 0.15) is 33.1 Å². The van der Waals surface area contributed by atoms with Crippen LogP contribution in [0, 0.1) is 0 Å². The highest BCUT2D eigenvalue weighted by Gasteiger charge is 2.24. The molecule has 0 bridgehead atoms. The van der Waals surface area contributed by atoms with Gasteiger partial charge in [-0.1, -0.05) is 13.8 Å². The lowest BCUT2D eigenvalue weighted by Crippen LogP contribution is -2.40. The first-order valence-electron chi connectivity index (χ1n) is 5.91. The maximum atomic E-state index is 9.59.